The lowest BCUT2D eigenvalue weighted by atomic mass is 9.71. The minimum atomic E-state index is -0.921. The second-order valence-corrected chi connectivity index (χ2v) is 6.53. The van der Waals surface area contributed by atoms with E-state index in [4.69, 9.17) is 15.2 Å². The molecule has 0 fully saturated rings. The standard InChI is InChI=1S/C18H25N3O6/c1-10-14(17(22)26-3)16(12-6-4-5-7-13(12)21(24)25)15(11(2)20-10)18(23)27-9-8-19/h4,6,12-13,16,20H,5,7-9,19H2,1-3H3. The Balaban J connectivity index is 2.59. The van der Waals surface area contributed by atoms with E-state index in [1.165, 1.54) is 7.11 Å². The number of dihydropyridines is 1. The highest BCUT2D eigenvalue weighted by Crippen LogP contribution is 2.41. The van der Waals surface area contributed by atoms with Crippen LogP contribution in [-0.2, 0) is 19.1 Å². The summed E-state index contributed by atoms with van der Waals surface area (Å²) in [4.78, 5) is 36.5. The number of rotatable bonds is 6. The molecule has 2 rings (SSSR count). The van der Waals surface area contributed by atoms with E-state index in [1.54, 1.807) is 19.9 Å². The largest absolute Gasteiger partial charge is 0.466 e. The number of hydrogen-bond acceptors (Lipinski definition) is 8. The van der Waals surface area contributed by atoms with Crippen molar-refractivity contribution in [3.63, 3.8) is 0 Å². The molecule has 0 bridgehead atoms. The molecule has 9 nitrogen and oxygen atoms in total. The third-order valence-electron chi connectivity index (χ3n) is 4.87. The van der Waals surface area contributed by atoms with Crippen molar-refractivity contribution in [3.05, 3.63) is 44.8 Å². The van der Waals surface area contributed by atoms with Crippen LogP contribution in [0, 0.1) is 22.0 Å². The van der Waals surface area contributed by atoms with E-state index < -0.39 is 29.8 Å². The van der Waals surface area contributed by atoms with Crippen LogP contribution >= 0.6 is 0 Å². The van der Waals surface area contributed by atoms with E-state index in [1.807, 2.05) is 6.08 Å². The number of nitrogens with one attached hydrogen (secondary N) is 1. The molecule has 1 aliphatic carbocycles. The van der Waals surface area contributed by atoms with Gasteiger partial charge in [-0.15, -0.1) is 0 Å². The summed E-state index contributed by atoms with van der Waals surface area (Å²) in [5.74, 6) is -2.79. The van der Waals surface area contributed by atoms with Gasteiger partial charge in [-0.05, 0) is 20.3 Å². The SMILES string of the molecule is COC(=O)C1=C(C)NC(C)=C(C(=O)OCCN)C1C1C=CCCC1[N+](=O)[O-]. The number of nitrogens with two attached hydrogens (primary N) is 1. The summed E-state index contributed by atoms with van der Waals surface area (Å²) in [6.07, 6.45) is 4.45. The maximum atomic E-state index is 12.7. The molecule has 0 spiro atoms. The number of carbonyl (C=O) groups is 2. The van der Waals surface area contributed by atoms with Gasteiger partial charge in [0.25, 0.3) is 0 Å². The van der Waals surface area contributed by atoms with Crippen LogP contribution in [0.2, 0.25) is 0 Å². The van der Waals surface area contributed by atoms with Gasteiger partial charge in [-0.3, -0.25) is 10.1 Å². The third kappa shape index (κ3) is 4.19. The summed E-state index contributed by atoms with van der Waals surface area (Å²) in [5.41, 5.74) is 6.79. The van der Waals surface area contributed by atoms with Gasteiger partial charge >= 0.3 is 11.9 Å². The van der Waals surface area contributed by atoms with E-state index in [0.29, 0.717) is 24.2 Å². The summed E-state index contributed by atoms with van der Waals surface area (Å²) in [7, 11) is 1.24. The average Bonchev–Trinajstić information content (AvgIpc) is 2.64. The first kappa shape index (κ1) is 20.6. The highest BCUT2D eigenvalue weighted by molar-refractivity contribution is 5.98. The lowest BCUT2D eigenvalue weighted by molar-refractivity contribution is -0.532. The number of esters is 2. The van der Waals surface area contributed by atoms with Crippen LogP contribution in [0.5, 0.6) is 0 Å². The van der Waals surface area contributed by atoms with Crippen molar-refractivity contribution in [2.75, 3.05) is 20.3 Å². The predicted molar refractivity (Wildman–Crippen MR) is 96.7 cm³/mol. The Labute approximate surface area is 157 Å². The van der Waals surface area contributed by atoms with Crippen molar-refractivity contribution >= 4 is 11.9 Å². The van der Waals surface area contributed by atoms with Gasteiger partial charge in [0.05, 0.1) is 24.2 Å². The van der Waals surface area contributed by atoms with Crippen LogP contribution in [0.1, 0.15) is 26.7 Å². The quantitative estimate of drug-likeness (QED) is 0.303. The summed E-state index contributed by atoms with van der Waals surface area (Å²) in [5, 5.41) is 14.6. The molecule has 1 aliphatic heterocycles. The molecule has 3 N–H and O–H groups in total. The monoisotopic (exact) mass is 379 g/mol. The van der Waals surface area contributed by atoms with Crippen molar-refractivity contribution in [2.24, 2.45) is 17.6 Å². The zero-order valence-corrected chi connectivity index (χ0v) is 15.7. The van der Waals surface area contributed by atoms with Crippen molar-refractivity contribution in [1.82, 2.24) is 5.32 Å². The number of nitrogens with zero attached hydrogens (tertiary/aromatic N) is 1. The zero-order chi connectivity index (χ0) is 20.1. The number of hydrogen-bond donors (Lipinski definition) is 2. The number of methoxy groups -OCH3 is 1. The van der Waals surface area contributed by atoms with E-state index in [0.717, 1.165) is 0 Å². The summed E-state index contributed by atoms with van der Waals surface area (Å²) in [6.45, 7) is 3.52. The fraction of sp³-hybridized carbons (Fsp3) is 0.556. The number of carbonyl (C=O) groups excluding carboxylic acids is 2. The smallest absolute Gasteiger partial charge is 0.336 e. The molecule has 3 atom stereocenters. The summed E-state index contributed by atoms with van der Waals surface area (Å²) in [6, 6.07) is -0.921. The Bertz CT molecular complexity index is 725. The van der Waals surface area contributed by atoms with E-state index in [2.05, 4.69) is 5.32 Å². The van der Waals surface area contributed by atoms with Gasteiger partial charge in [-0.2, -0.15) is 0 Å². The molecule has 3 unspecified atom stereocenters. The third-order valence-corrected chi connectivity index (χ3v) is 4.87. The molecule has 0 aromatic rings. The molecule has 0 aromatic heterocycles. The van der Waals surface area contributed by atoms with Crippen LogP contribution in [0.3, 0.4) is 0 Å². The van der Waals surface area contributed by atoms with Gasteiger partial charge in [0.15, 0.2) is 0 Å². The first-order valence-electron chi connectivity index (χ1n) is 8.77. The molecule has 27 heavy (non-hydrogen) atoms. The van der Waals surface area contributed by atoms with Crippen LogP contribution < -0.4 is 11.1 Å². The Morgan fingerprint density at radius 2 is 1.93 bits per heavy atom. The molecule has 1 heterocycles. The molecular weight excluding hydrogens is 354 g/mol. The van der Waals surface area contributed by atoms with Gasteiger partial charge in [-0.1, -0.05) is 12.2 Å². The van der Waals surface area contributed by atoms with E-state index in [-0.39, 0.29) is 29.2 Å². The molecule has 0 aromatic carbocycles. The lowest BCUT2D eigenvalue weighted by Crippen LogP contribution is -2.43. The molecule has 2 aliphatic rings. The van der Waals surface area contributed by atoms with Crippen LogP contribution in [0.15, 0.2) is 34.7 Å². The van der Waals surface area contributed by atoms with Crippen LogP contribution in [0.4, 0.5) is 0 Å². The number of nitro groups is 1. The molecule has 0 saturated heterocycles. The van der Waals surface area contributed by atoms with Crippen LogP contribution in [-0.4, -0.2) is 43.2 Å². The fourth-order valence-corrected chi connectivity index (χ4v) is 3.73. The van der Waals surface area contributed by atoms with Crippen molar-refractivity contribution in [1.29, 1.82) is 0 Å². The molecule has 0 radical (unpaired) electrons. The molecule has 0 amide bonds. The summed E-state index contributed by atoms with van der Waals surface area (Å²) < 4.78 is 10.1. The van der Waals surface area contributed by atoms with E-state index in [9.17, 15) is 19.7 Å². The minimum Gasteiger partial charge on any atom is -0.466 e. The van der Waals surface area contributed by atoms with Gasteiger partial charge in [0.1, 0.15) is 6.61 Å². The average molecular weight is 379 g/mol. The van der Waals surface area contributed by atoms with Crippen molar-refractivity contribution in [3.8, 4) is 0 Å². The normalized spacial score (nSPS) is 25.1. The molecule has 0 saturated carbocycles. The fourth-order valence-electron chi connectivity index (χ4n) is 3.73. The molecule has 9 heteroatoms. The molecule has 148 valence electrons. The second-order valence-electron chi connectivity index (χ2n) is 6.53. The van der Waals surface area contributed by atoms with Gasteiger partial charge < -0.3 is 20.5 Å². The van der Waals surface area contributed by atoms with Crippen LogP contribution in [0.25, 0.3) is 0 Å². The lowest BCUT2D eigenvalue weighted by Gasteiger charge is -2.35. The number of ether oxygens (including phenoxy) is 2. The Morgan fingerprint density at radius 3 is 2.48 bits per heavy atom. The van der Waals surface area contributed by atoms with Crippen molar-refractivity contribution in [2.45, 2.75) is 32.7 Å². The first-order valence-corrected chi connectivity index (χ1v) is 8.77. The van der Waals surface area contributed by atoms with Gasteiger partial charge in [0.2, 0.25) is 6.04 Å². The Kier molecular flexibility index (Phi) is 6.73. The van der Waals surface area contributed by atoms with E-state index >= 15 is 0 Å². The Hall–Kier alpha value is -2.68. The minimum absolute atomic E-state index is 0.0117. The topological polar surface area (TPSA) is 134 Å². The highest BCUT2D eigenvalue weighted by atomic mass is 16.6. The van der Waals surface area contributed by atoms with Gasteiger partial charge in [-0.25, -0.2) is 9.59 Å². The zero-order valence-electron chi connectivity index (χ0n) is 15.7. The Morgan fingerprint density at radius 1 is 1.30 bits per heavy atom. The maximum Gasteiger partial charge on any atom is 0.336 e. The highest BCUT2D eigenvalue weighted by Gasteiger charge is 2.47. The summed E-state index contributed by atoms with van der Waals surface area (Å²) >= 11 is 0. The number of allylic oxidation sites excluding steroid dienone is 3. The van der Waals surface area contributed by atoms with Gasteiger partial charge in [0, 0.05) is 35.2 Å². The molecular formula is C18H25N3O6. The van der Waals surface area contributed by atoms with Crippen molar-refractivity contribution < 1.29 is 24.0 Å². The first-order chi connectivity index (χ1) is 12.8. The maximum absolute atomic E-state index is 12.7. The second kappa shape index (κ2) is 8.81. The predicted octanol–water partition coefficient (Wildman–Crippen LogP) is 1.04.